The van der Waals surface area contributed by atoms with E-state index in [0.29, 0.717) is 53.2 Å². The van der Waals surface area contributed by atoms with E-state index in [-0.39, 0.29) is 35.8 Å². The Morgan fingerprint density at radius 1 is 0.816 bits per heavy atom. The number of piperidine rings is 2. The normalized spacial score (nSPS) is 20.3. The molecule has 2 atom stereocenters. The van der Waals surface area contributed by atoms with Crippen LogP contribution in [0, 0.1) is 0 Å². The lowest BCUT2D eigenvalue weighted by molar-refractivity contribution is -0.130. The maximum atomic E-state index is 13.6. The highest BCUT2D eigenvalue weighted by atomic mass is 35.5. The Labute approximate surface area is 239 Å². The number of hydrogen-bond donors (Lipinski definition) is 0. The lowest BCUT2D eigenvalue weighted by atomic mass is 9.84. The van der Waals surface area contributed by atoms with Crippen molar-refractivity contribution in [3.8, 4) is 0 Å². The van der Waals surface area contributed by atoms with Crippen LogP contribution in [0.3, 0.4) is 0 Å². The van der Waals surface area contributed by atoms with Crippen molar-refractivity contribution in [2.24, 2.45) is 0 Å². The second-order valence-electron chi connectivity index (χ2n) is 10.1. The predicted octanol–water partition coefficient (Wildman–Crippen LogP) is 5.64. The third-order valence-corrected chi connectivity index (χ3v) is 8.88. The number of urea groups is 1. The molecule has 2 aromatic rings. The molecular weight excluding hydrogens is 547 g/mol. The van der Waals surface area contributed by atoms with E-state index >= 15 is 0 Å². The lowest BCUT2D eigenvalue weighted by Gasteiger charge is -2.45. The van der Waals surface area contributed by atoms with E-state index in [9.17, 15) is 14.4 Å². The molecule has 2 unspecified atom stereocenters. The van der Waals surface area contributed by atoms with E-state index < -0.39 is 0 Å². The predicted molar refractivity (Wildman–Crippen MR) is 151 cm³/mol. The molecule has 2 aliphatic rings. The second-order valence-corrected chi connectivity index (χ2v) is 11.4. The number of carbonyl (C=O) groups excluding carboxylic acids is 3. The first-order valence-electron chi connectivity index (χ1n) is 12.8. The van der Waals surface area contributed by atoms with Crippen LogP contribution in [-0.4, -0.2) is 89.8 Å². The molecule has 0 spiro atoms. The molecular formula is C28H33Cl3N4O3. The third kappa shape index (κ3) is 6.22. The number of likely N-dealkylation sites (N-methyl/N-ethyl adjacent to an activating group) is 1. The summed E-state index contributed by atoms with van der Waals surface area (Å²) in [7, 11) is 3.64. The van der Waals surface area contributed by atoms with Gasteiger partial charge in [0, 0.05) is 75.8 Å². The number of hydrogen-bond acceptors (Lipinski definition) is 3. The molecule has 0 saturated carbocycles. The van der Waals surface area contributed by atoms with Gasteiger partial charge in [-0.05, 0) is 61.2 Å². The Hall–Kier alpha value is -2.48. The fraction of sp³-hybridized carbons (Fsp3) is 0.464. The largest absolute Gasteiger partial charge is 0.343 e. The van der Waals surface area contributed by atoms with Crippen LogP contribution in [0.15, 0.2) is 42.5 Å². The first-order valence-corrected chi connectivity index (χ1v) is 13.9. The molecule has 7 nitrogen and oxygen atoms in total. The number of rotatable bonds is 4. The van der Waals surface area contributed by atoms with Gasteiger partial charge in [0.25, 0.3) is 5.91 Å². The van der Waals surface area contributed by atoms with Crippen LogP contribution in [0.25, 0.3) is 0 Å². The van der Waals surface area contributed by atoms with Crippen molar-refractivity contribution in [2.45, 2.75) is 44.2 Å². The average molecular weight is 580 g/mol. The molecule has 0 radical (unpaired) electrons. The summed E-state index contributed by atoms with van der Waals surface area (Å²) in [6, 6.07) is 12.2. The molecule has 2 saturated heterocycles. The molecule has 0 N–H and O–H groups in total. The molecule has 2 aromatic carbocycles. The molecule has 4 rings (SSSR count). The highest BCUT2D eigenvalue weighted by Crippen LogP contribution is 2.35. The van der Waals surface area contributed by atoms with Gasteiger partial charge >= 0.3 is 6.03 Å². The van der Waals surface area contributed by atoms with Gasteiger partial charge in [0.05, 0.1) is 10.0 Å². The van der Waals surface area contributed by atoms with Crippen LogP contribution in [0.2, 0.25) is 15.1 Å². The lowest BCUT2D eigenvalue weighted by Crippen LogP contribution is -2.56. The molecule has 2 heterocycles. The molecule has 4 amide bonds. The molecule has 204 valence electrons. The van der Waals surface area contributed by atoms with E-state index in [1.54, 1.807) is 49.2 Å². The van der Waals surface area contributed by atoms with Crippen LogP contribution in [0.4, 0.5) is 4.79 Å². The summed E-state index contributed by atoms with van der Waals surface area (Å²) in [4.78, 5) is 45.9. The Morgan fingerprint density at radius 2 is 1.45 bits per heavy atom. The first kappa shape index (κ1) is 28.5. The van der Waals surface area contributed by atoms with Crippen LogP contribution < -0.4 is 0 Å². The molecule has 10 heteroatoms. The topological polar surface area (TPSA) is 64.2 Å². The SMILES string of the molecule is CC(=O)N1CCC(N(C)C(=O)N2CCC(N(C)C(=O)c3ccc(Cl)cc3)C(c3ccc(Cl)c(Cl)c3)C2)CC1. The molecule has 38 heavy (non-hydrogen) atoms. The monoisotopic (exact) mass is 578 g/mol. The maximum Gasteiger partial charge on any atom is 0.320 e. The molecule has 2 fully saturated rings. The number of nitrogens with zero attached hydrogens (tertiary/aromatic N) is 4. The molecule has 2 aliphatic heterocycles. The smallest absolute Gasteiger partial charge is 0.320 e. The Bertz CT molecular complexity index is 1180. The Balaban J connectivity index is 1.53. The fourth-order valence-electron chi connectivity index (χ4n) is 5.54. The minimum Gasteiger partial charge on any atom is -0.343 e. The number of amides is 4. The summed E-state index contributed by atoms with van der Waals surface area (Å²) in [6.45, 7) is 3.86. The molecule has 0 aromatic heterocycles. The number of halogens is 3. The van der Waals surface area contributed by atoms with Gasteiger partial charge in [0.2, 0.25) is 5.91 Å². The van der Waals surface area contributed by atoms with Gasteiger partial charge in [-0.1, -0.05) is 40.9 Å². The van der Waals surface area contributed by atoms with Gasteiger partial charge in [-0.2, -0.15) is 0 Å². The fourth-order valence-corrected chi connectivity index (χ4v) is 5.97. The van der Waals surface area contributed by atoms with Gasteiger partial charge in [0.15, 0.2) is 0 Å². The molecule has 0 bridgehead atoms. The summed E-state index contributed by atoms with van der Waals surface area (Å²) < 4.78 is 0. The summed E-state index contributed by atoms with van der Waals surface area (Å²) in [5.41, 5.74) is 1.48. The van der Waals surface area contributed by atoms with Gasteiger partial charge in [-0.3, -0.25) is 9.59 Å². The minimum absolute atomic E-state index is 0.0403. The van der Waals surface area contributed by atoms with Crippen molar-refractivity contribution in [1.29, 1.82) is 0 Å². The van der Waals surface area contributed by atoms with Crippen LogP contribution in [0.1, 0.15) is 48.0 Å². The summed E-state index contributed by atoms with van der Waals surface area (Å²) >= 11 is 18.6. The van der Waals surface area contributed by atoms with E-state index in [0.717, 1.165) is 18.4 Å². The van der Waals surface area contributed by atoms with Gasteiger partial charge < -0.3 is 19.6 Å². The highest BCUT2D eigenvalue weighted by molar-refractivity contribution is 6.42. The summed E-state index contributed by atoms with van der Waals surface area (Å²) in [6.07, 6.45) is 2.13. The second kappa shape index (κ2) is 12.1. The number of likely N-dealkylation sites (tertiary alicyclic amines) is 2. The highest BCUT2D eigenvalue weighted by Gasteiger charge is 2.39. The zero-order chi connectivity index (χ0) is 27.6. The maximum absolute atomic E-state index is 13.6. The van der Waals surface area contributed by atoms with Gasteiger partial charge in [0.1, 0.15) is 0 Å². The summed E-state index contributed by atoms with van der Waals surface area (Å²) in [5, 5.41) is 1.46. The van der Waals surface area contributed by atoms with E-state index in [2.05, 4.69) is 0 Å². The van der Waals surface area contributed by atoms with Gasteiger partial charge in [-0.15, -0.1) is 0 Å². The van der Waals surface area contributed by atoms with Crippen molar-refractivity contribution >= 4 is 52.6 Å². The molecule has 0 aliphatic carbocycles. The number of benzene rings is 2. The average Bonchev–Trinajstić information content (AvgIpc) is 2.93. The van der Waals surface area contributed by atoms with Crippen molar-refractivity contribution in [2.75, 3.05) is 40.3 Å². The van der Waals surface area contributed by atoms with Crippen molar-refractivity contribution in [3.05, 3.63) is 68.7 Å². The minimum atomic E-state index is -0.156. The van der Waals surface area contributed by atoms with E-state index in [4.69, 9.17) is 34.8 Å². The van der Waals surface area contributed by atoms with Gasteiger partial charge in [-0.25, -0.2) is 4.79 Å². The zero-order valence-electron chi connectivity index (χ0n) is 21.9. The number of carbonyl (C=O) groups is 3. The van der Waals surface area contributed by atoms with Crippen LogP contribution in [-0.2, 0) is 4.79 Å². The Morgan fingerprint density at radius 3 is 2.05 bits per heavy atom. The van der Waals surface area contributed by atoms with Crippen molar-refractivity contribution in [1.82, 2.24) is 19.6 Å². The van der Waals surface area contributed by atoms with Crippen LogP contribution in [0.5, 0.6) is 0 Å². The Kier molecular flexibility index (Phi) is 9.11. The van der Waals surface area contributed by atoms with E-state index in [1.807, 2.05) is 33.9 Å². The standard InChI is InChI=1S/C28H33Cl3N4O3/c1-18(36)34-13-10-22(11-14-34)32(2)28(38)35-15-12-26(23(17-35)20-6-9-24(30)25(31)16-20)33(3)27(37)19-4-7-21(29)8-5-19/h4-9,16,22-23,26H,10-15,17H2,1-3H3. The van der Waals surface area contributed by atoms with Crippen molar-refractivity contribution in [3.63, 3.8) is 0 Å². The zero-order valence-corrected chi connectivity index (χ0v) is 24.1. The first-order chi connectivity index (χ1) is 18.1. The van der Waals surface area contributed by atoms with Crippen molar-refractivity contribution < 1.29 is 14.4 Å². The summed E-state index contributed by atoms with van der Waals surface area (Å²) in [5.74, 6) is -0.191. The van der Waals surface area contributed by atoms with E-state index in [1.165, 1.54) is 0 Å². The van der Waals surface area contributed by atoms with Crippen LogP contribution >= 0.6 is 34.8 Å². The third-order valence-electron chi connectivity index (χ3n) is 7.89. The quantitative estimate of drug-likeness (QED) is 0.471.